The number of unbranched alkanes of at least 4 members (excludes halogenated alkanes) is 4. The molecule has 1 fully saturated rings. The van der Waals surface area contributed by atoms with Gasteiger partial charge in [0.25, 0.3) is 0 Å². The molecule has 0 saturated carbocycles. The Bertz CT molecular complexity index is 291. The van der Waals surface area contributed by atoms with E-state index >= 15 is 0 Å². The molecule has 1 heterocycles. The Balaban J connectivity index is 0.00000484. The molecule has 0 aromatic heterocycles. The first-order valence-electron chi connectivity index (χ1n) is 9.11. The monoisotopic (exact) mass is 439 g/mol. The molecule has 23 heavy (non-hydrogen) atoms. The molecule has 1 aliphatic heterocycles. The summed E-state index contributed by atoms with van der Waals surface area (Å²) < 4.78 is 0. The van der Waals surface area contributed by atoms with E-state index < -0.39 is 0 Å². The Kier molecular flexibility index (Phi) is 15.4. The highest BCUT2D eigenvalue weighted by molar-refractivity contribution is 14.0. The summed E-state index contributed by atoms with van der Waals surface area (Å²) in [5.41, 5.74) is 0. The molecule has 0 unspecified atom stereocenters. The van der Waals surface area contributed by atoms with Crippen molar-refractivity contribution < 1.29 is 0 Å². The predicted octanol–water partition coefficient (Wildman–Crippen LogP) is 2.38. The van der Waals surface area contributed by atoms with Gasteiger partial charge in [0.15, 0.2) is 5.96 Å². The minimum atomic E-state index is 0. The van der Waals surface area contributed by atoms with Crippen molar-refractivity contribution in [2.45, 2.75) is 45.4 Å². The third-order valence-corrected chi connectivity index (χ3v) is 4.34. The van der Waals surface area contributed by atoms with Crippen LogP contribution in [0, 0.1) is 0 Å². The minimum absolute atomic E-state index is 0. The molecule has 2 N–H and O–H groups in total. The number of piperazine rings is 1. The summed E-state index contributed by atoms with van der Waals surface area (Å²) in [5.74, 6) is 0.955. The van der Waals surface area contributed by atoms with Gasteiger partial charge in [0.2, 0.25) is 0 Å². The zero-order valence-electron chi connectivity index (χ0n) is 15.4. The fourth-order valence-corrected chi connectivity index (χ4v) is 2.72. The Morgan fingerprint density at radius 2 is 1.52 bits per heavy atom. The predicted molar refractivity (Wildman–Crippen MR) is 112 cm³/mol. The van der Waals surface area contributed by atoms with Gasteiger partial charge in [-0.25, -0.2) is 0 Å². The van der Waals surface area contributed by atoms with Crippen LogP contribution in [0.3, 0.4) is 0 Å². The molecular weight excluding hydrogens is 401 g/mol. The van der Waals surface area contributed by atoms with E-state index in [1.807, 2.05) is 7.05 Å². The molecule has 1 saturated heterocycles. The van der Waals surface area contributed by atoms with Crippen LogP contribution in [-0.4, -0.2) is 75.7 Å². The largest absolute Gasteiger partial charge is 0.356 e. The minimum Gasteiger partial charge on any atom is -0.356 e. The zero-order chi connectivity index (χ0) is 16.0. The summed E-state index contributed by atoms with van der Waals surface area (Å²) in [5, 5.41) is 6.81. The van der Waals surface area contributed by atoms with E-state index in [1.165, 1.54) is 71.2 Å². The molecule has 5 nitrogen and oxygen atoms in total. The van der Waals surface area contributed by atoms with Crippen molar-refractivity contribution in [2.75, 3.05) is 59.9 Å². The van der Waals surface area contributed by atoms with E-state index in [1.54, 1.807) is 0 Å². The van der Waals surface area contributed by atoms with Gasteiger partial charge in [-0.1, -0.05) is 26.2 Å². The molecule has 6 heteroatoms. The van der Waals surface area contributed by atoms with Crippen molar-refractivity contribution in [1.29, 1.82) is 0 Å². The molecular formula is C17H38IN5. The lowest BCUT2D eigenvalue weighted by atomic mass is 10.2. The summed E-state index contributed by atoms with van der Waals surface area (Å²) in [6.07, 6.45) is 7.65. The van der Waals surface area contributed by atoms with Crippen LogP contribution in [0.4, 0.5) is 0 Å². The van der Waals surface area contributed by atoms with E-state index in [9.17, 15) is 0 Å². The quantitative estimate of drug-likeness (QED) is 0.238. The lowest BCUT2D eigenvalue weighted by molar-refractivity contribution is 0.152. The number of hydrogen-bond donors (Lipinski definition) is 2. The van der Waals surface area contributed by atoms with Crippen LogP contribution in [0.5, 0.6) is 0 Å². The number of nitrogens with one attached hydrogen (secondary N) is 2. The Labute approximate surface area is 160 Å². The number of halogens is 1. The summed E-state index contributed by atoms with van der Waals surface area (Å²) in [6, 6.07) is 0. The molecule has 1 rings (SSSR count). The van der Waals surface area contributed by atoms with Crippen molar-refractivity contribution in [3.05, 3.63) is 0 Å². The normalized spacial score (nSPS) is 16.9. The molecule has 138 valence electrons. The molecule has 0 spiro atoms. The van der Waals surface area contributed by atoms with Crippen LogP contribution in [0.2, 0.25) is 0 Å². The third kappa shape index (κ3) is 12.0. The van der Waals surface area contributed by atoms with Crippen molar-refractivity contribution in [2.24, 2.45) is 4.99 Å². The van der Waals surface area contributed by atoms with E-state index in [0.29, 0.717) is 0 Å². The standard InChI is InChI=1S/C17H37N5.HI/c1-4-5-6-7-10-19-17(18-2)20-11-8-9-12-22-15-13-21(3)14-16-22;/h4-16H2,1-3H3,(H2,18,19,20);1H. The van der Waals surface area contributed by atoms with Crippen LogP contribution in [-0.2, 0) is 0 Å². The zero-order valence-corrected chi connectivity index (χ0v) is 17.8. The Morgan fingerprint density at radius 1 is 0.913 bits per heavy atom. The third-order valence-electron chi connectivity index (χ3n) is 4.34. The van der Waals surface area contributed by atoms with Crippen LogP contribution in [0.15, 0.2) is 4.99 Å². The van der Waals surface area contributed by atoms with Gasteiger partial charge in [-0.3, -0.25) is 4.99 Å². The number of hydrogen-bond acceptors (Lipinski definition) is 3. The average Bonchev–Trinajstić information content (AvgIpc) is 2.54. The number of nitrogens with zero attached hydrogens (tertiary/aromatic N) is 3. The lowest BCUT2D eigenvalue weighted by Gasteiger charge is -2.32. The van der Waals surface area contributed by atoms with Gasteiger partial charge in [-0.2, -0.15) is 0 Å². The first kappa shape index (κ1) is 22.9. The first-order chi connectivity index (χ1) is 10.8. The molecule has 0 radical (unpaired) electrons. The van der Waals surface area contributed by atoms with Crippen molar-refractivity contribution in [1.82, 2.24) is 20.4 Å². The molecule has 0 bridgehead atoms. The van der Waals surface area contributed by atoms with Gasteiger partial charge in [-0.15, -0.1) is 24.0 Å². The second-order valence-electron chi connectivity index (χ2n) is 6.34. The summed E-state index contributed by atoms with van der Waals surface area (Å²) in [6.45, 7) is 10.4. The van der Waals surface area contributed by atoms with E-state index in [0.717, 1.165) is 19.0 Å². The van der Waals surface area contributed by atoms with Gasteiger partial charge in [0.05, 0.1) is 0 Å². The highest BCUT2D eigenvalue weighted by Gasteiger charge is 2.12. The fourth-order valence-electron chi connectivity index (χ4n) is 2.72. The van der Waals surface area contributed by atoms with E-state index in [-0.39, 0.29) is 24.0 Å². The fraction of sp³-hybridized carbons (Fsp3) is 0.941. The maximum Gasteiger partial charge on any atom is 0.190 e. The van der Waals surface area contributed by atoms with E-state index in [4.69, 9.17) is 0 Å². The van der Waals surface area contributed by atoms with Gasteiger partial charge >= 0.3 is 0 Å². The molecule has 0 atom stereocenters. The maximum absolute atomic E-state index is 4.28. The highest BCUT2D eigenvalue weighted by Crippen LogP contribution is 2.01. The van der Waals surface area contributed by atoms with Gasteiger partial charge in [-0.05, 0) is 32.9 Å². The Morgan fingerprint density at radius 3 is 2.09 bits per heavy atom. The lowest BCUT2D eigenvalue weighted by Crippen LogP contribution is -2.44. The van der Waals surface area contributed by atoms with Gasteiger partial charge < -0.3 is 20.4 Å². The van der Waals surface area contributed by atoms with Crippen molar-refractivity contribution in [3.8, 4) is 0 Å². The summed E-state index contributed by atoms with van der Waals surface area (Å²) in [7, 11) is 4.06. The average molecular weight is 439 g/mol. The number of aliphatic imine (C=N–C) groups is 1. The maximum atomic E-state index is 4.28. The molecule has 0 amide bonds. The second-order valence-corrected chi connectivity index (χ2v) is 6.34. The molecule has 0 aliphatic carbocycles. The topological polar surface area (TPSA) is 42.9 Å². The molecule has 0 aromatic rings. The highest BCUT2D eigenvalue weighted by atomic mass is 127. The molecule has 0 aromatic carbocycles. The van der Waals surface area contributed by atoms with Crippen molar-refractivity contribution in [3.63, 3.8) is 0 Å². The van der Waals surface area contributed by atoms with Gasteiger partial charge in [0, 0.05) is 46.3 Å². The SMILES string of the molecule is CCCCCCNC(=NC)NCCCCN1CCN(C)CC1.I. The van der Waals surface area contributed by atoms with Gasteiger partial charge in [0.1, 0.15) is 0 Å². The molecule has 1 aliphatic rings. The number of rotatable bonds is 10. The number of guanidine groups is 1. The Hall–Kier alpha value is -0.0800. The summed E-state index contributed by atoms with van der Waals surface area (Å²) >= 11 is 0. The first-order valence-corrected chi connectivity index (χ1v) is 9.11. The van der Waals surface area contributed by atoms with Crippen LogP contribution < -0.4 is 10.6 Å². The van der Waals surface area contributed by atoms with Crippen LogP contribution in [0.25, 0.3) is 0 Å². The van der Waals surface area contributed by atoms with Crippen LogP contribution >= 0.6 is 24.0 Å². The smallest absolute Gasteiger partial charge is 0.190 e. The van der Waals surface area contributed by atoms with Crippen molar-refractivity contribution >= 4 is 29.9 Å². The second kappa shape index (κ2) is 15.4. The number of likely N-dealkylation sites (N-methyl/N-ethyl adjacent to an activating group) is 1. The van der Waals surface area contributed by atoms with E-state index in [2.05, 4.69) is 39.4 Å². The van der Waals surface area contributed by atoms with Crippen LogP contribution in [0.1, 0.15) is 45.4 Å². The summed E-state index contributed by atoms with van der Waals surface area (Å²) in [4.78, 5) is 9.28.